The van der Waals surface area contributed by atoms with Crippen LogP contribution in [0, 0.1) is 12.8 Å². The van der Waals surface area contributed by atoms with Gasteiger partial charge in [0, 0.05) is 18.7 Å². The van der Waals surface area contributed by atoms with E-state index in [1.165, 1.54) is 6.42 Å². The Morgan fingerprint density at radius 2 is 2.11 bits per heavy atom. The van der Waals surface area contributed by atoms with Gasteiger partial charge in [-0.05, 0) is 45.6 Å². The maximum Gasteiger partial charge on any atom is 0.213 e. The molecule has 0 heterocycles. The van der Waals surface area contributed by atoms with E-state index in [4.69, 9.17) is 4.74 Å². The average molecular weight is 411 g/mol. The van der Waals surface area contributed by atoms with Crippen molar-refractivity contribution in [2.45, 2.75) is 46.1 Å². The summed E-state index contributed by atoms with van der Waals surface area (Å²) in [4.78, 5) is 4.44. The summed E-state index contributed by atoms with van der Waals surface area (Å²) in [5.41, 5.74) is 2.18. The number of ether oxygens (including phenoxy) is 1. The number of sulfonamides is 1. The van der Waals surface area contributed by atoms with E-state index in [-0.39, 0.29) is 18.3 Å². The molecule has 0 amide bonds. The van der Waals surface area contributed by atoms with Crippen LogP contribution in [0.2, 0.25) is 0 Å². The molecule has 0 aromatic heterocycles. The molecule has 0 spiro atoms. The highest BCUT2D eigenvalue weighted by Crippen LogP contribution is 2.26. The molecule has 1 aliphatic rings. The Kier molecular flexibility index (Phi) is 8.57. The Morgan fingerprint density at radius 1 is 1.36 bits per heavy atom. The molecule has 3 N–H and O–H groups in total. The molecule has 1 fully saturated rings. The Labute approximate surface area is 169 Å². The fraction of sp³-hybridized carbons (Fsp3) is 0.650. The van der Waals surface area contributed by atoms with E-state index in [1.807, 2.05) is 32.9 Å². The monoisotopic (exact) mass is 410 g/mol. The second-order valence-corrected chi connectivity index (χ2v) is 9.26. The van der Waals surface area contributed by atoms with Crippen molar-refractivity contribution in [1.29, 1.82) is 0 Å². The van der Waals surface area contributed by atoms with Gasteiger partial charge in [-0.1, -0.05) is 24.1 Å². The predicted molar refractivity (Wildman–Crippen MR) is 114 cm³/mol. The number of guanidine groups is 1. The van der Waals surface area contributed by atoms with Crippen LogP contribution in [-0.2, 0) is 10.0 Å². The van der Waals surface area contributed by atoms with E-state index in [0.29, 0.717) is 25.0 Å². The van der Waals surface area contributed by atoms with Crippen molar-refractivity contribution >= 4 is 16.0 Å². The quantitative estimate of drug-likeness (QED) is 0.407. The van der Waals surface area contributed by atoms with Gasteiger partial charge in [0.15, 0.2) is 5.96 Å². The second kappa shape index (κ2) is 10.7. The van der Waals surface area contributed by atoms with Gasteiger partial charge in [0.1, 0.15) is 5.75 Å². The SMILES string of the molecule is CCNC(=NCCS(=O)(=O)NCC1CCC1)NC(C)c1cc(C)ccc1OC. The lowest BCUT2D eigenvalue weighted by atomic mass is 9.86. The summed E-state index contributed by atoms with van der Waals surface area (Å²) in [5.74, 6) is 1.89. The molecule has 1 aliphatic carbocycles. The molecule has 0 bridgehead atoms. The third-order valence-electron chi connectivity index (χ3n) is 5.00. The minimum Gasteiger partial charge on any atom is -0.496 e. The number of methoxy groups -OCH3 is 1. The number of benzene rings is 1. The molecule has 1 aromatic rings. The highest BCUT2D eigenvalue weighted by molar-refractivity contribution is 7.89. The van der Waals surface area contributed by atoms with Crippen LogP contribution in [0.1, 0.15) is 50.3 Å². The number of hydrogen-bond acceptors (Lipinski definition) is 4. The first-order valence-corrected chi connectivity index (χ1v) is 11.7. The standard InChI is InChI=1S/C20H34N4O3S/c1-5-21-20(22-11-12-28(25,26)23-14-17-7-6-8-17)24-16(3)18-13-15(2)9-10-19(18)27-4/h9-10,13,16-17,23H,5-8,11-12,14H2,1-4H3,(H2,21,22,24). The number of hydrogen-bond donors (Lipinski definition) is 3. The third kappa shape index (κ3) is 6.98. The van der Waals surface area contributed by atoms with Crippen LogP contribution in [0.5, 0.6) is 5.75 Å². The van der Waals surface area contributed by atoms with Crippen LogP contribution in [0.3, 0.4) is 0 Å². The van der Waals surface area contributed by atoms with Gasteiger partial charge in [-0.2, -0.15) is 0 Å². The van der Waals surface area contributed by atoms with Crippen molar-refractivity contribution in [1.82, 2.24) is 15.4 Å². The lowest BCUT2D eigenvalue weighted by molar-refractivity contribution is 0.316. The van der Waals surface area contributed by atoms with Crippen molar-refractivity contribution in [3.8, 4) is 5.75 Å². The largest absolute Gasteiger partial charge is 0.496 e. The van der Waals surface area contributed by atoms with Crippen LogP contribution < -0.4 is 20.1 Å². The molecule has 28 heavy (non-hydrogen) atoms. The molecule has 1 unspecified atom stereocenters. The minimum atomic E-state index is -3.29. The first-order chi connectivity index (χ1) is 13.3. The number of nitrogens with one attached hydrogen (secondary N) is 3. The summed E-state index contributed by atoms with van der Waals surface area (Å²) in [6.07, 6.45) is 3.45. The van der Waals surface area contributed by atoms with E-state index in [0.717, 1.165) is 29.7 Å². The van der Waals surface area contributed by atoms with Crippen LogP contribution >= 0.6 is 0 Å². The van der Waals surface area contributed by atoms with Crippen molar-refractivity contribution in [2.24, 2.45) is 10.9 Å². The predicted octanol–water partition coefficient (Wildman–Crippen LogP) is 2.34. The fourth-order valence-corrected chi connectivity index (χ4v) is 4.05. The van der Waals surface area contributed by atoms with Gasteiger partial charge >= 0.3 is 0 Å². The zero-order valence-corrected chi connectivity index (χ0v) is 18.2. The first kappa shape index (κ1) is 22.5. The van der Waals surface area contributed by atoms with Gasteiger partial charge < -0.3 is 15.4 Å². The molecule has 158 valence electrons. The molecule has 0 saturated heterocycles. The minimum absolute atomic E-state index is 0.0154. The van der Waals surface area contributed by atoms with Crippen molar-refractivity contribution in [3.05, 3.63) is 29.3 Å². The van der Waals surface area contributed by atoms with Crippen LogP contribution in [0.4, 0.5) is 0 Å². The summed E-state index contributed by atoms with van der Waals surface area (Å²) in [7, 11) is -1.64. The molecule has 0 radical (unpaired) electrons. The summed E-state index contributed by atoms with van der Waals surface area (Å²) < 4.78 is 32.4. The summed E-state index contributed by atoms with van der Waals surface area (Å²) >= 11 is 0. The molecular weight excluding hydrogens is 376 g/mol. The second-order valence-electron chi connectivity index (χ2n) is 7.34. The Morgan fingerprint density at radius 3 is 2.71 bits per heavy atom. The fourth-order valence-electron chi connectivity index (χ4n) is 3.09. The number of aliphatic imine (C=N–C) groups is 1. The molecule has 7 nitrogen and oxygen atoms in total. The van der Waals surface area contributed by atoms with E-state index >= 15 is 0 Å². The van der Waals surface area contributed by atoms with E-state index < -0.39 is 10.0 Å². The highest BCUT2D eigenvalue weighted by Gasteiger charge is 2.20. The number of nitrogens with zero attached hydrogens (tertiary/aromatic N) is 1. The topological polar surface area (TPSA) is 91.8 Å². The van der Waals surface area contributed by atoms with E-state index in [9.17, 15) is 8.42 Å². The Hall–Kier alpha value is -1.80. The van der Waals surface area contributed by atoms with Crippen LogP contribution in [0.15, 0.2) is 23.2 Å². The third-order valence-corrected chi connectivity index (χ3v) is 6.32. The molecule has 0 aliphatic heterocycles. The zero-order chi connectivity index (χ0) is 20.6. The van der Waals surface area contributed by atoms with Crippen LogP contribution in [0.25, 0.3) is 0 Å². The zero-order valence-electron chi connectivity index (χ0n) is 17.4. The van der Waals surface area contributed by atoms with Gasteiger partial charge in [0.2, 0.25) is 10.0 Å². The van der Waals surface area contributed by atoms with Crippen molar-refractivity contribution in [2.75, 3.05) is 32.5 Å². The van der Waals surface area contributed by atoms with Gasteiger partial charge in [-0.15, -0.1) is 0 Å². The summed E-state index contributed by atoms with van der Waals surface area (Å²) in [6, 6.07) is 6.00. The maximum absolute atomic E-state index is 12.1. The normalized spacial score (nSPS) is 16.4. The number of aryl methyl sites for hydroxylation is 1. The lowest BCUT2D eigenvalue weighted by Crippen LogP contribution is -2.39. The first-order valence-electron chi connectivity index (χ1n) is 10.0. The Bertz CT molecular complexity index is 761. The van der Waals surface area contributed by atoms with E-state index in [1.54, 1.807) is 7.11 Å². The van der Waals surface area contributed by atoms with Crippen LogP contribution in [-0.4, -0.2) is 46.9 Å². The Balaban J connectivity index is 1.94. The maximum atomic E-state index is 12.1. The van der Waals surface area contributed by atoms with Gasteiger partial charge in [0.25, 0.3) is 0 Å². The van der Waals surface area contributed by atoms with Gasteiger partial charge in [0.05, 0.1) is 25.4 Å². The smallest absolute Gasteiger partial charge is 0.213 e. The molecule has 1 saturated carbocycles. The summed E-state index contributed by atoms with van der Waals surface area (Å²) in [5, 5.41) is 6.51. The summed E-state index contributed by atoms with van der Waals surface area (Å²) in [6.45, 7) is 7.49. The highest BCUT2D eigenvalue weighted by atomic mass is 32.2. The molecule has 8 heteroatoms. The average Bonchev–Trinajstić information content (AvgIpc) is 2.60. The van der Waals surface area contributed by atoms with Crippen molar-refractivity contribution in [3.63, 3.8) is 0 Å². The molecule has 1 aromatic carbocycles. The molecule has 1 atom stereocenters. The van der Waals surface area contributed by atoms with Crippen molar-refractivity contribution < 1.29 is 13.2 Å². The number of rotatable bonds is 10. The molecular formula is C20H34N4O3S. The van der Waals surface area contributed by atoms with Gasteiger partial charge in [-0.25, -0.2) is 13.1 Å². The van der Waals surface area contributed by atoms with Gasteiger partial charge in [-0.3, -0.25) is 4.99 Å². The lowest BCUT2D eigenvalue weighted by Gasteiger charge is -2.25. The molecule has 2 rings (SSSR count). The van der Waals surface area contributed by atoms with E-state index in [2.05, 4.69) is 26.4 Å².